The van der Waals surface area contributed by atoms with Crippen molar-refractivity contribution in [2.24, 2.45) is 0 Å². The SMILES string of the molecule is Cc1cccc(-c2c(N)noc2-c2cccc(C)c2Cl)c1. The zero-order valence-corrected chi connectivity index (χ0v) is 12.6. The zero-order valence-electron chi connectivity index (χ0n) is 11.9. The molecule has 1 aromatic heterocycles. The Morgan fingerprint density at radius 1 is 1.10 bits per heavy atom. The second-order valence-corrected chi connectivity index (χ2v) is 5.46. The lowest BCUT2D eigenvalue weighted by atomic mass is 9.99. The summed E-state index contributed by atoms with van der Waals surface area (Å²) < 4.78 is 5.45. The van der Waals surface area contributed by atoms with Crippen LogP contribution in [0.5, 0.6) is 0 Å². The van der Waals surface area contributed by atoms with Crippen molar-refractivity contribution >= 4 is 17.4 Å². The third-order valence-electron chi connectivity index (χ3n) is 3.46. The molecule has 3 nitrogen and oxygen atoms in total. The van der Waals surface area contributed by atoms with E-state index in [0.29, 0.717) is 16.6 Å². The largest absolute Gasteiger partial charge is 0.380 e. The van der Waals surface area contributed by atoms with Gasteiger partial charge in [-0.05, 0) is 31.0 Å². The fourth-order valence-corrected chi connectivity index (χ4v) is 2.60. The molecule has 0 saturated heterocycles. The molecular formula is C17H15ClN2O. The van der Waals surface area contributed by atoms with Gasteiger partial charge in [-0.15, -0.1) is 0 Å². The smallest absolute Gasteiger partial charge is 0.178 e. The van der Waals surface area contributed by atoms with E-state index in [1.807, 2.05) is 50.2 Å². The Morgan fingerprint density at radius 3 is 2.62 bits per heavy atom. The van der Waals surface area contributed by atoms with E-state index >= 15 is 0 Å². The highest BCUT2D eigenvalue weighted by molar-refractivity contribution is 6.34. The quantitative estimate of drug-likeness (QED) is 0.735. The Balaban J connectivity index is 2.24. The highest BCUT2D eigenvalue weighted by Gasteiger charge is 2.20. The summed E-state index contributed by atoms with van der Waals surface area (Å²) in [5.41, 5.74) is 10.7. The lowest BCUT2D eigenvalue weighted by molar-refractivity contribution is 0.436. The molecule has 2 N–H and O–H groups in total. The highest BCUT2D eigenvalue weighted by atomic mass is 35.5. The number of hydrogen-bond donors (Lipinski definition) is 1. The van der Waals surface area contributed by atoms with E-state index in [1.54, 1.807) is 0 Å². The number of anilines is 1. The van der Waals surface area contributed by atoms with Gasteiger partial charge in [-0.2, -0.15) is 0 Å². The highest BCUT2D eigenvalue weighted by Crippen LogP contribution is 2.40. The van der Waals surface area contributed by atoms with Crippen LogP contribution in [0.15, 0.2) is 47.0 Å². The van der Waals surface area contributed by atoms with Crippen LogP contribution in [-0.2, 0) is 0 Å². The standard InChI is InChI=1S/C17H15ClN2O/c1-10-5-3-7-12(9-10)14-16(21-20-17(14)19)13-8-4-6-11(2)15(13)18/h3-9H,1-2H3,(H2,19,20). The number of halogens is 1. The van der Waals surface area contributed by atoms with E-state index in [9.17, 15) is 0 Å². The van der Waals surface area contributed by atoms with E-state index in [-0.39, 0.29) is 0 Å². The van der Waals surface area contributed by atoms with Gasteiger partial charge in [0.05, 0.1) is 10.6 Å². The summed E-state index contributed by atoms with van der Waals surface area (Å²) in [5.74, 6) is 0.972. The van der Waals surface area contributed by atoms with Crippen LogP contribution in [0.3, 0.4) is 0 Å². The van der Waals surface area contributed by atoms with Crippen molar-refractivity contribution in [3.8, 4) is 22.5 Å². The predicted molar refractivity (Wildman–Crippen MR) is 86.3 cm³/mol. The van der Waals surface area contributed by atoms with Crippen molar-refractivity contribution in [2.45, 2.75) is 13.8 Å². The van der Waals surface area contributed by atoms with E-state index in [4.69, 9.17) is 21.9 Å². The fourth-order valence-electron chi connectivity index (χ4n) is 2.39. The predicted octanol–water partition coefficient (Wildman–Crippen LogP) is 4.86. The molecule has 0 aliphatic rings. The number of aromatic nitrogens is 1. The van der Waals surface area contributed by atoms with Crippen LogP contribution in [-0.4, -0.2) is 5.16 Å². The Hall–Kier alpha value is -2.26. The molecular weight excluding hydrogens is 284 g/mol. The topological polar surface area (TPSA) is 52.0 Å². The van der Waals surface area contributed by atoms with Gasteiger partial charge in [0, 0.05) is 5.56 Å². The number of hydrogen-bond acceptors (Lipinski definition) is 3. The Morgan fingerprint density at radius 2 is 1.86 bits per heavy atom. The van der Waals surface area contributed by atoms with Gasteiger partial charge in [0.2, 0.25) is 0 Å². The molecule has 2 aromatic carbocycles. The Bertz CT molecular complexity index is 808. The van der Waals surface area contributed by atoms with Gasteiger partial charge in [0.1, 0.15) is 0 Å². The monoisotopic (exact) mass is 298 g/mol. The van der Waals surface area contributed by atoms with Crippen LogP contribution < -0.4 is 5.73 Å². The second-order valence-electron chi connectivity index (χ2n) is 5.08. The molecule has 1 heterocycles. The molecule has 3 rings (SSSR count). The summed E-state index contributed by atoms with van der Waals surface area (Å²) in [6.45, 7) is 3.99. The van der Waals surface area contributed by atoms with Gasteiger partial charge < -0.3 is 10.3 Å². The van der Waals surface area contributed by atoms with Crippen LogP contribution in [0, 0.1) is 13.8 Å². The third-order valence-corrected chi connectivity index (χ3v) is 3.96. The normalized spacial score (nSPS) is 10.8. The molecule has 0 fully saturated rings. The average Bonchev–Trinajstić information content (AvgIpc) is 2.83. The molecule has 4 heteroatoms. The summed E-state index contributed by atoms with van der Waals surface area (Å²) >= 11 is 6.40. The van der Waals surface area contributed by atoms with Gasteiger partial charge in [-0.3, -0.25) is 0 Å². The van der Waals surface area contributed by atoms with Crippen molar-refractivity contribution in [1.82, 2.24) is 5.16 Å². The summed E-state index contributed by atoms with van der Waals surface area (Å²) in [6.07, 6.45) is 0. The van der Waals surface area contributed by atoms with Gasteiger partial charge in [-0.1, -0.05) is 58.7 Å². The minimum Gasteiger partial charge on any atom is -0.380 e. The molecule has 0 saturated carbocycles. The van der Waals surface area contributed by atoms with E-state index in [1.165, 1.54) is 0 Å². The van der Waals surface area contributed by atoms with Gasteiger partial charge in [0.25, 0.3) is 0 Å². The van der Waals surface area contributed by atoms with E-state index in [2.05, 4.69) is 11.2 Å². The number of benzene rings is 2. The third kappa shape index (κ3) is 2.41. The average molecular weight is 299 g/mol. The number of aryl methyl sites for hydroxylation is 2. The molecule has 21 heavy (non-hydrogen) atoms. The minimum atomic E-state index is 0.369. The number of rotatable bonds is 2. The number of nitrogens with two attached hydrogens (primary N) is 1. The van der Waals surface area contributed by atoms with E-state index < -0.39 is 0 Å². The van der Waals surface area contributed by atoms with Gasteiger partial charge in [0.15, 0.2) is 11.6 Å². The first-order chi connectivity index (χ1) is 10.1. The van der Waals surface area contributed by atoms with Crippen molar-refractivity contribution in [1.29, 1.82) is 0 Å². The second kappa shape index (κ2) is 5.26. The van der Waals surface area contributed by atoms with Crippen molar-refractivity contribution in [2.75, 3.05) is 5.73 Å². The molecule has 0 amide bonds. The minimum absolute atomic E-state index is 0.369. The fraction of sp³-hybridized carbons (Fsp3) is 0.118. The molecule has 3 aromatic rings. The summed E-state index contributed by atoms with van der Waals surface area (Å²) in [6, 6.07) is 13.9. The molecule has 0 atom stereocenters. The van der Waals surface area contributed by atoms with E-state index in [0.717, 1.165) is 27.8 Å². The summed E-state index contributed by atoms with van der Waals surface area (Å²) in [7, 11) is 0. The van der Waals surface area contributed by atoms with Crippen LogP contribution in [0.1, 0.15) is 11.1 Å². The molecule has 0 radical (unpaired) electrons. The van der Waals surface area contributed by atoms with Crippen molar-refractivity contribution < 1.29 is 4.52 Å². The van der Waals surface area contributed by atoms with Crippen molar-refractivity contribution in [3.05, 3.63) is 58.6 Å². The lowest BCUT2D eigenvalue weighted by Crippen LogP contribution is -1.90. The summed E-state index contributed by atoms with van der Waals surface area (Å²) in [5, 5.41) is 4.57. The first kappa shape index (κ1) is 13.7. The Labute approximate surface area is 128 Å². The number of nitrogens with zero attached hydrogens (tertiary/aromatic N) is 1. The van der Waals surface area contributed by atoms with Crippen LogP contribution in [0.2, 0.25) is 5.02 Å². The van der Waals surface area contributed by atoms with Crippen LogP contribution in [0.25, 0.3) is 22.5 Å². The maximum Gasteiger partial charge on any atom is 0.178 e. The van der Waals surface area contributed by atoms with Crippen LogP contribution in [0.4, 0.5) is 5.82 Å². The number of nitrogen functional groups attached to an aromatic ring is 1. The van der Waals surface area contributed by atoms with Crippen molar-refractivity contribution in [3.63, 3.8) is 0 Å². The summed E-state index contributed by atoms with van der Waals surface area (Å²) in [4.78, 5) is 0. The molecule has 0 aliphatic heterocycles. The molecule has 106 valence electrons. The molecule has 0 aliphatic carbocycles. The van der Waals surface area contributed by atoms with Crippen LogP contribution >= 0.6 is 11.6 Å². The molecule has 0 bridgehead atoms. The van der Waals surface area contributed by atoms with Gasteiger partial charge in [-0.25, -0.2) is 0 Å². The first-order valence-corrected chi connectivity index (χ1v) is 7.03. The Kier molecular flexibility index (Phi) is 3.43. The van der Waals surface area contributed by atoms with Gasteiger partial charge >= 0.3 is 0 Å². The maximum atomic E-state index is 6.40. The first-order valence-electron chi connectivity index (χ1n) is 6.65. The molecule has 0 unspecified atom stereocenters. The zero-order chi connectivity index (χ0) is 15.0. The molecule has 0 spiro atoms. The lowest BCUT2D eigenvalue weighted by Gasteiger charge is -2.07. The maximum absolute atomic E-state index is 6.40.